The highest BCUT2D eigenvalue weighted by molar-refractivity contribution is 6.03. The molecule has 1 amide bonds. The largest absolute Gasteiger partial charge is 0.434 e. The summed E-state index contributed by atoms with van der Waals surface area (Å²) in [6.45, 7) is 3.37. The fraction of sp³-hybridized carbons (Fsp3) is 0.375. The molecule has 2 aromatic carbocycles. The van der Waals surface area contributed by atoms with Crippen LogP contribution in [-0.4, -0.2) is 34.2 Å². The van der Waals surface area contributed by atoms with Gasteiger partial charge < -0.3 is 15.5 Å². The average molecular weight is 443 g/mol. The van der Waals surface area contributed by atoms with Crippen LogP contribution in [0.5, 0.6) is 0 Å². The molecule has 1 aromatic heterocycles. The van der Waals surface area contributed by atoms with Crippen molar-refractivity contribution in [1.29, 1.82) is 0 Å². The molecule has 3 N–H and O–H groups in total. The first kappa shape index (κ1) is 23.5. The fourth-order valence-corrected chi connectivity index (χ4v) is 3.68. The van der Waals surface area contributed by atoms with Crippen molar-refractivity contribution in [1.82, 2.24) is 10.3 Å². The van der Waals surface area contributed by atoms with Gasteiger partial charge in [0.15, 0.2) is 5.58 Å². The second kappa shape index (κ2) is 9.56. The van der Waals surface area contributed by atoms with Crippen LogP contribution >= 0.6 is 0 Å². The molecule has 0 bridgehead atoms. The second-order valence-electron chi connectivity index (χ2n) is 8.22. The van der Waals surface area contributed by atoms with E-state index in [1.807, 2.05) is 6.92 Å². The number of ketones is 1. The SMILES string of the molecule is CCC[C@](C)(NC(=O)[C@@H](N)CC(F)(F)Cc1ccccc1)C(=O)c1nc2ccccc2o1. The number of nitrogens with two attached hydrogens (primary N) is 1. The van der Waals surface area contributed by atoms with Gasteiger partial charge >= 0.3 is 0 Å². The van der Waals surface area contributed by atoms with Crippen molar-refractivity contribution in [2.45, 2.75) is 57.0 Å². The van der Waals surface area contributed by atoms with E-state index in [0.717, 1.165) is 0 Å². The Morgan fingerprint density at radius 3 is 2.44 bits per heavy atom. The Kier molecular flexibility index (Phi) is 7.03. The fourth-order valence-electron chi connectivity index (χ4n) is 3.68. The van der Waals surface area contributed by atoms with Gasteiger partial charge in [-0.25, -0.2) is 13.8 Å². The van der Waals surface area contributed by atoms with Crippen LogP contribution in [0.3, 0.4) is 0 Å². The number of benzene rings is 2. The van der Waals surface area contributed by atoms with Crippen molar-refractivity contribution in [3.8, 4) is 0 Å². The van der Waals surface area contributed by atoms with Gasteiger partial charge in [0, 0.05) is 12.8 Å². The predicted molar refractivity (Wildman–Crippen MR) is 117 cm³/mol. The number of carbonyl (C=O) groups excluding carboxylic acids is 2. The summed E-state index contributed by atoms with van der Waals surface area (Å²) in [5.41, 5.74) is 5.83. The number of fused-ring (bicyclic) bond motifs is 1. The molecule has 3 rings (SSSR count). The quantitative estimate of drug-likeness (QED) is 0.456. The second-order valence-corrected chi connectivity index (χ2v) is 8.22. The van der Waals surface area contributed by atoms with Crippen molar-refractivity contribution in [3.63, 3.8) is 0 Å². The van der Waals surface area contributed by atoms with Gasteiger partial charge in [-0.05, 0) is 31.0 Å². The number of aromatic nitrogens is 1. The molecule has 0 spiro atoms. The van der Waals surface area contributed by atoms with Crippen molar-refractivity contribution in [2.24, 2.45) is 5.73 Å². The molecule has 0 fully saturated rings. The predicted octanol–water partition coefficient (Wildman–Crippen LogP) is 4.28. The Labute approximate surface area is 185 Å². The summed E-state index contributed by atoms with van der Waals surface area (Å²) < 4.78 is 34.5. The van der Waals surface area contributed by atoms with Crippen LogP contribution in [0.15, 0.2) is 59.0 Å². The van der Waals surface area contributed by atoms with E-state index < -0.39 is 42.0 Å². The van der Waals surface area contributed by atoms with Crippen molar-refractivity contribution in [2.75, 3.05) is 0 Å². The Morgan fingerprint density at radius 1 is 1.12 bits per heavy atom. The first-order valence-electron chi connectivity index (χ1n) is 10.5. The van der Waals surface area contributed by atoms with Crippen LogP contribution in [-0.2, 0) is 11.2 Å². The lowest BCUT2D eigenvalue weighted by atomic mass is 9.89. The summed E-state index contributed by atoms with van der Waals surface area (Å²) in [5.74, 6) is -4.68. The summed E-state index contributed by atoms with van der Waals surface area (Å²) in [6.07, 6.45) is -0.540. The molecule has 0 aliphatic rings. The molecule has 0 saturated carbocycles. The van der Waals surface area contributed by atoms with Gasteiger partial charge in [-0.1, -0.05) is 55.8 Å². The molecule has 0 unspecified atom stereocenters. The van der Waals surface area contributed by atoms with Gasteiger partial charge in [0.05, 0.1) is 6.04 Å². The molecule has 0 saturated heterocycles. The summed E-state index contributed by atoms with van der Waals surface area (Å²) in [5, 5.41) is 2.58. The molecule has 2 atom stereocenters. The van der Waals surface area contributed by atoms with Crippen LogP contribution in [0.4, 0.5) is 8.78 Å². The number of nitrogens with zero attached hydrogens (tertiary/aromatic N) is 1. The molecule has 8 heteroatoms. The average Bonchev–Trinajstić information content (AvgIpc) is 3.17. The lowest BCUT2D eigenvalue weighted by Crippen LogP contribution is -2.57. The number of carbonyl (C=O) groups is 2. The molecular formula is C24H27F2N3O3. The summed E-state index contributed by atoms with van der Waals surface area (Å²) in [4.78, 5) is 30.1. The number of alkyl halides is 2. The number of halogens is 2. The Hall–Kier alpha value is -3.13. The molecule has 0 radical (unpaired) electrons. The van der Waals surface area contributed by atoms with E-state index in [-0.39, 0.29) is 12.3 Å². The van der Waals surface area contributed by atoms with E-state index in [0.29, 0.717) is 23.1 Å². The van der Waals surface area contributed by atoms with Crippen LogP contribution in [0.25, 0.3) is 11.1 Å². The molecule has 170 valence electrons. The lowest BCUT2D eigenvalue weighted by Gasteiger charge is -2.30. The number of rotatable bonds is 10. The van der Waals surface area contributed by atoms with E-state index in [1.165, 1.54) is 6.92 Å². The van der Waals surface area contributed by atoms with E-state index in [2.05, 4.69) is 10.3 Å². The van der Waals surface area contributed by atoms with Gasteiger partial charge in [0.1, 0.15) is 11.1 Å². The number of hydrogen-bond acceptors (Lipinski definition) is 5. The molecule has 0 aliphatic heterocycles. The molecular weight excluding hydrogens is 416 g/mol. The maximum absolute atomic E-state index is 14.5. The van der Waals surface area contributed by atoms with Gasteiger partial charge in [0.25, 0.3) is 11.8 Å². The minimum absolute atomic E-state index is 0.148. The van der Waals surface area contributed by atoms with Gasteiger partial charge in [-0.3, -0.25) is 9.59 Å². The summed E-state index contributed by atoms with van der Waals surface area (Å²) in [7, 11) is 0. The smallest absolute Gasteiger partial charge is 0.266 e. The van der Waals surface area contributed by atoms with Gasteiger partial charge in [0.2, 0.25) is 11.7 Å². The van der Waals surface area contributed by atoms with E-state index >= 15 is 0 Å². The highest BCUT2D eigenvalue weighted by Crippen LogP contribution is 2.26. The highest BCUT2D eigenvalue weighted by Gasteiger charge is 2.41. The molecule has 3 aromatic rings. The third-order valence-electron chi connectivity index (χ3n) is 5.30. The lowest BCUT2D eigenvalue weighted by molar-refractivity contribution is -0.126. The van der Waals surface area contributed by atoms with E-state index in [1.54, 1.807) is 54.6 Å². The molecule has 1 heterocycles. The first-order chi connectivity index (χ1) is 15.1. The third-order valence-corrected chi connectivity index (χ3v) is 5.30. The van der Waals surface area contributed by atoms with Crippen LogP contribution in [0, 0.1) is 0 Å². The number of Topliss-reactive ketones (excluding diaryl/α,β-unsaturated/α-hetero) is 1. The highest BCUT2D eigenvalue weighted by atomic mass is 19.3. The first-order valence-corrected chi connectivity index (χ1v) is 10.5. The number of hydrogen-bond donors (Lipinski definition) is 2. The van der Waals surface area contributed by atoms with E-state index in [9.17, 15) is 18.4 Å². The number of nitrogens with one attached hydrogen (secondary N) is 1. The minimum atomic E-state index is -3.18. The minimum Gasteiger partial charge on any atom is -0.434 e. The zero-order chi connectivity index (χ0) is 23.4. The Balaban J connectivity index is 1.72. The normalized spacial score (nSPS) is 14.7. The molecule has 0 aliphatic carbocycles. The summed E-state index contributed by atoms with van der Waals surface area (Å²) >= 11 is 0. The van der Waals surface area contributed by atoms with Crippen molar-refractivity contribution >= 4 is 22.8 Å². The third kappa shape index (κ3) is 5.56. The maximum atomic E-state index is 14.5. The molecule has 32 heavy (non-hydrogen) atoms. The standard InChI is InChI=1S/C24H27F2N3O3/c1-3-13-23(2,20(30)22-28-18-11-7-8-12-19(18)32-22)29-21(31)17(27)15-24(25,26)14-16-9-5-4-6-10-16/h4-12,17H,3,13-15,27H2,1-2H3,(H,29,31)/t17-,23-/m0/s1. The van der Waals surface area contributed by atoms with Gasteiger partial charge in [-0.15, -0.1) is 0 Å². The summed E-state index contributed by atoms with van der Waals surface area (Å²) in [6, 6.07) is 13.7. The van der Waals surface area contributed by atoms with Crippen molar-refractivity contribution in [3.05, 3.63) is 66.1 Å². The van der Waals surface area contributed by atoms with Crippen LogP contribution in [0.2, 0.25) is 0 Å². The Morgan fingerprint density at radius 2 is 1.78 bits per heavy atom. The monoisotopic (exact) mass is 443 g/mol. The number of amides is 1. The molecule has 6 nitrogen and oxygen atoms in total. The van der Waals surface area contributed by atoms with Gasteiger partial charge in [-0.2, -0.15) is 0 Å². The zero-order valence-corrected chi connectivity index (χ0v) is 18.1. The van der Waals surface area contributed by atoms with Crippen LogP contribution < -0.4 is 11.1 Å². The van der Waals surface area contributed by atoms with Crippen molar-refractivity contribution < 1.29 is 22.8 Å². The number of oxazole rings is 1. The van der Waals surface area contributed by atoms with E-state index in [4.69, 9.17) is 10.2 Å². The van der Waals surface area contributed by atoms with Crippen LogP contribution in [0.1, 0.15) is 49.4 Å². The maximum Gasteiger partial charge on any atom is 0.266 e. The number of para-hydroxylation sites is 2. The zero-order valence-electron chi connectivity index (χ0n) is 18.1. The topological polar surface area (TPSA) is 98.2 Å². The Bertz CT molecular complexity index is 1050.